The summed E-state index contributed by atoms with van der Waals surface area (Å²) in [6, 6.07) is 0.360. The fourth-order valence-electron chi connectivity index (χ4n) is 2.72. The summed E-state index contributed by atoms with van der Waals surface area (Å²) in [4.78, 5) is 22.1. The molecule has 24 heavy (non-hydrogen) atoms. The molecule has 1 aliphatic heterocycles. The molecule has 0 atom stereocenters. The van der Waals surface area contributed by atoms with Crippen molar-refractivity contribution >= 4 is 28.5 Å². The highest BCUT2D eigenvalue weighted by molar-refractivity contribution is 6.37. The van der Waals surface area contributed by atoms with Gasteiger partial charge in [-0.3, -0.25) is 0 Å². The van der Waals surface area contributed by atoms with Crippen molar-refractivity contribution in [1.29, 1.82) is 0 Å². The van der Waals surface area contributed by atoms with Gasteiger partial charge < -0.3 is 20.4 Å². The maximum absolute atomic E-state index is 6.51. The van der Waals surface area contributed by atoms with Crippen LogP contribution in [0.15, 0.2) is 18.7 Å². The topological polar surface area (TPSA) is 106 Å². The fourth-order valence-corrected chi connectivity index (χ4v) is 3.07. The Morgan fingerprint density at radius 3 is 2.75 bits per heavy atom. The van der Waals surface area contributed by atoms with Crippen LogP contribution in [-0.2, 0) is 6.42 Å². The van der Waals surface area contributed by atoms with Gasteiger partial charge in [0.2, 0.25) is 0 Å². The lowest BCUT2D eigenvalue weighted by Gasteiger charge is -2.38. The summed E-state index contributed by atoms with van der Waals surface area (Å²) in [5.74, 6) is 1.20. The smallest absolute Gasteiger partial charge is 0.326 e. The highest BCUT2D eigenvalue weighted by atomic mass is 35.5. The molecule has 0 aliphatic carbocycles. The normalized spacial score (nSPS) is 14.9. The summed E-state index contributed by atoms with van der Waals surface area (Å²) in [5, 5.41) is 1.45. The van der Waals surface area contributed by atoms with Crippen molar-refractivity contribution in [2.45, 2.75) is 19.4 Å². The molecule has 8 nitrogen and oxygen atoms in total. The van der Waals surface area contributed by atoms with E-state index in [0.29, 0.717) is 16.4 Å². The van der Waals surface area contributed by atoms with E-state index in [-0.39, 0.29) is 12.1 Å². The van der Waals surface area contributed by atoms with Gasteiger partial charge in [0.05, 0.1) is 22.8 Å². The Hall–Kier alpha value is -2.45. The number of nitrogens with two attached hydrogens (primary N) is 1. The number of aryl methyl sites for hydroxylation is 1. The Balaban J connectivity index is 1.81. The van der Waals surface area contributed by atoms with Crippen LogP contribution in [0.3, 0.4) is 0 Å². The van der Waals surface area contributed by atoms with Gasteiger partial charge in [0.25, 0.3) is 0 Å². The molecule has 4 rings (SSSR count). The molecule has 0 radical (unpaired) electrons. The van der Waals surface area contributed by atoms with Crippen LogP contribution in [0.5, 0.6) is 11.8 Å². The number of rotatable bonds is 4. The second kappa shape index (κ2) is 5.88. The number of hydrogen-bond donors (Lipinski definition) is 2. The first-order valence-electron chi connectivity index (χ1n) is 7.67. The van der Waals surface area contributed by atoms with Gasteiger partial charge in [-0.25, -0.2) is 9.97 Å². The van der Waals surface area contributed by atoms with Crippen LogP contribution in [-0.4, -0.2) is 44.1 Å². The maximum atomic E-state index is 6.51. The van der Waals surface area contributed by atoms with Gasteiger partial charge in [-0.15, -0.1) is 0 Å². The van der Waals surface area contributed by atoms with E-state index < -0.39 is 0 Å². The monoisotopic (exact) mass is 345 g/mol. The maximum Gasteiger partial charge on any atom is 0.326 e. The minimum atomic E-state index is 0.144. The Labute approximate surface area is 143 Å². The third kappa shape index (κ3) is 2.53. The van der Waals surface area contributed by atoms with Gasteiger partial charge in [-0.2, -0.15) is 9.97 Å². The van der Waals surface area contributed by atoms with Crippen LogP contribution in [0.4, 0.5) is 5.82 Å². The molecule has 0 bridgehead atoms. The number of halogens is 1. The molecule has 0 spiro atoms. The first-order chi connectivity index (χ1) is 11.7. The van der Waals surface area contributed by atoms with Crippen molar-refractivity contribution in [3.63, 3.8) is 0 Å². The zero-order valence-corrected chi connectivity index (χ0v) is 13.8. The van der Waals surface area contributed by atoms with Crippen LogP contribution >= 0.6 is 11.6 Å². The minimum Gasteiger partial charge on any atom is -0.421 e. The molecule has 1 saturated heterocycles. The number of aromatic amines is 1. The quantitative estimate of drug-likeness (QED) is 0.743. The molecule has 1 aliphatic rings. The first-order valence-corrected chi connectivity index (χ1v) is 8.05. The largest absolute Gasteiger partial charge is 0.421 e. The van der Waals surface area contributed by atoms with Crippen molar-refractivity contribution in [1.82, 2.24) is 24.9 Å². The van der Waals surface area contributed by atoms with Crippen molar-refractivity contribution < 1.29 is 4.74 Å². The van der Waals surface area contributed by atoms with E-state index in [1.807, 2.05) is 6.92 Å². The van der Waals surface area contributed by atoms with Crippen molar-refractivity contribution in [3.05, 3.63) is 29.4 Å². The summed E-state index contributed by atoms with van der Waals surface area (Å²) in [6.07, 6.45) is 5.32. The SMILES string of the molecule is CCc1[nH]c2nc(Oc3cncnc3)nc(N3CC(N)C3)c2c1Cl. The Morgan fingerprint density at radius 2 is 2.08 bits per heavy atom. The van der Waals surface area contributed by atoms with Crippen molar-refractivity contribution in [2.75, 3.05) is 18.0 Å². The number of nitrogens with one attached hydrogen (secondary N) is 1. The number of fused-ring (bicyclic) bond motifs is 1. The summed E-state index contributed by atoms with van der Waals surface area (Å²) in [6.45, 7) is 3.48. The zero-order chi connectivity index (χ0) is 16.7. The predicted octanol–water partition coefficient (Wildman–Crippen LogP) is 1.90. The number of ether oxygens (including phenoxy) is 1. The van der Waals surface area contributed by atoms with E-state index in [1.54, 1.807) is 12.4 Å². The Kier molecular flexibility index (Phi) is 3.70. The average Bonchev–Trinajstić information content (AvgIpc) is 2.88. The number of hydrogen-bond acceptors (Lipinski definition) is 7. The fraction of sp³-hybridized carbons (Fsp3) is 0.333. The van der Waals surface area contributed by atoms with Crippen molar-refractivity contribution in [2.24, 2.45) is 5.73 Å². The third-order valence-electron chi connectivity index (χ3n) is 3.93. The van der Waals surface area contributed by atoms with Gasteiger partial charge in [-0.05, 0) is 6.42 Å². The molecule has 0 saturated carbocycles. The Morgan fingerprint density at radius 1 is 1.33 bits per heavy atom. The second-order valence-electron chi connectivity index (χ2n) is 5.67. The van der Waals surface area contributed by atoms with Crippen LogP contribution in [0.25, 0.3) is 11.0 Å². The van der Waals surface area contributed by atoms with Gasteiger partial charge in [-0.1, -0.05) is 18.5 Å². The standard InChI is InChI=1S/C15H16ClN7O/c1-2-10-12(16)11-13(20-10)21-15(24-9-3-18-7-19-4-9)22-14(11)23-5-8(17)6-23/h3-4,7-8H,2,5-6,17H2,1H3,(H,20,21,22). The van der Waals surface area contributed by atoms with Crippen molar-refractivity contribution in [3.8, 4) is 11.8 Å². The molecule has 4 heterocycles. The molecule has 3 N–H and O–H groups in total. The molecular formula is C15H16ClN7O. The van der Waals surface area contributed by atoms with E-state index in [4.69, 9.17) is 22.1 Å². The predicted molar refractivity (Wildman–Crippen MR) is 90.6 cm³/mol. The molecule has 0 aromatic carbocycles. The van der Waals surface area contributed by atoms with E-state index in [9.17, 15) is 0 Å². The number of aromatic nitrogens is 5. The number of anilines is 1. The zero-order valence-electron chi connectivity index (χ0n) is 13.0. The highest BCUT2D eigenvalue weighted by Crippen LogP contribution is 2.36. The van der Waals surface area contributed by atoms with Gasteiger partial charge in [0.15, 0.2) is 5.75 Å². The van der Waals surface area contributed by atoms with Gasteiger partial charge in [0.1, 0.15) is 17.8 Å². The lowest BCUT2D eigenvalue weighted by atomic mass is 10.1. The highest BCUT2D eigenvalue weighted by Gasteiger charge is 2.29. The number of H-pyrrole nitrogens is 1. The molecule has 0 amide bonds. The lowest BCUT2D eigenvalue weighted by molar-refractivity contribution is 0.436. The van der Waals surface area contributed by atoms with Crippen LogP contribution in [0.1, 0.15) is 12.6 Å². The molecule has 1 fully saturated rings. The van der Waals surface area contributed by atoms with Crippen LogP contribution in [0.2, 0.25) is 5.02 Å². The third-order valence-corrected chi connectivity index (χ3v) is 4.35. The summed E-state index contributed by atoms with van der Waals surface area (Å²) >= 11 is 6.51. The van der Waals surface area contributed by atoms with Crippen LogP contribution < -0.4 is 15.4 Å². The molecule has 9 heteroatoms. The summed E-state index contributed by atoms with van der Waals surface area (Å²) in [7, 11) is 0. The summed E-state index contributed by atoms with van der Waals surface area (Å²) < 4.78 is 5.69. The molecule has 0 unspecified atom stereocenters. The Bertz CT molecular complexity index is 876. The van der Waals surface area contributed by atoms with E-state index in [1.165, 1.54) is 6.33 Å². The van der Waals surface area contributed by atoms with Gasteiger partial charge >= 0.3 is 6.01 Å². The average molecular weight is 346 g/mol. The minimum absolute atomic E-state index is 0.144. The van der Waals surface area contributed by atoms with E-state index in [0.717, 1.165) is 36.4 Å². The second-order valence-corrected chi connectivity index (χ2v) is 6.04. The van der Waals surface area contributed by atoms with E-state index >= 15 is 0 Å². The molecular weight excluding hydrogens is 330 g/mol. The van der Waals surface area contributed by atoms with Gasteiger partial charge in [0, 0.05) is 24.8 Å². The van der Waals surface area contributed by atoms with E-state index in [2.05, 4.69) is 29.8 Å². The molecule has 124 valence electrons. The first kappa shape index (κ1) is 15.1. The van der Waals surface area contributed by atoms with Crippen LogP contribution in [0, 0.1) is 0 Å². The number of nitrogens with zero attached hydrogens (tertiary/aromatic N) is 5. The summed E-state index contributed by atoms with van der Waals surface area (Å²) in [5.41, 5.74) is 7.48. The lowest BCUT2D eigenvalue weighted by Crippen LogP contribution is -2.56. The molecule has 3 aromatic rings. The molecule has 3 aromatic heterocycles.